The van der Waals surface area contributed by atoms with Crippen LogP contribution in [0, 0.1) is 5.92 Å². The van der Waals surface area contributed by atoms with Crippen molar-refractivity contribution < 1.29 is 28.9 Å². The van der Waals surface area contributed by atoms with Gasteiger partial charge in [-0.15, -0.1) is 0 Å². The van der Waals surface area contributed by atoms with Crippen molar-refractivity contribution in [3.63, 3.8) is 0 Å². The van der Waals surface area contributed by atoms with Crippen LogP contribution in [0.5, 0.6) is 0 Å². The summed E-state index contributed by atoms with van der Waals surface area (Å²) in [5.74, 6) is -0.901. The average molecular weight is 291 g/mol. The molecule has 1 unspecified atom stereocenters. The van der Waals surface area contributed by atoms with E-state index >= 15 is 0 Å². The summed E-state index contributed by atoms with van der Waals surface area (Å²) in [5, 5.41) is 10.9. The summed E-state index contributed by atoms with van der Waals surface area (Å²) in [6, 6.07) is 0. The van der Waals surface area contributed by atoms with Crippen LogP contribution in [0.15, 0.2) is 0 Å². The Morgan fingerprint density at radius 3 is 2.45 bits per heavy atom. The zero-order chi connectivity index (χ0) is 15.2. The smallest absolute Gasteiger partial charge is 0.329 e. The van der Waals surface area contributed by atoms with Crippen LogP contribution < -0.4 is 5.32 Å². The molecule has 1 atom stereocenters. The lowest BCUT2D eigenvalue weighted by Crippen LogP contribution is -2.31. The first-order valence-electron chi connectivity index (χ1n) is 6.78. The molecule has 2 N–H and O–H groups in total. The van der Waals surface area contributed by atoms with Gasteiger partial charge in [0.15, 0.2) is 0 Å². The molecular formula is C13H25NO6. The first kappa shape index (κ1) is 18.8. The van der Waals surface area contributed by atoms with Gasteiger partial charge in [0.1, 0.15) is 13.2 Å². The predicted molar refractivity (Wildman–Crippen MR) is 72.6 cm³/mol. The van der Waals surface area contributed by atoms with Gasteiger partial charge in [-0.05, 0) is 5.92 Å². The number of carbonyl (C=O) groups is 2. The third kappa shape index (κ3) is 13.3. The van der Waals surface area contributed by atoms with Crippen LogP contribution in [-0.4, -0.2) is 63.2 Å². The molecule has 7 nitrogen and oxygen atoms in total. The third-order valence-electron chi connectivity index (χ3n) is 2.50. The molecule has 0 heterocycles. The Balaban J connectivity index is 3.23. The minimum absolute atomic E-state index is 0.260. The number of ether oxygens (including phenoxy) is 3. The van der Waals surface area contributed by atoms with Crippen LogP contribution in [0.25, 0.3) is 0 Å². The van der Waals surface area contributed by atoms with E-state index in [1.807, 2.05) is 0 Å². The molecule has 0 saturated heterocycles. The summed E-state index contributed by atoms with van der Waals surface area (Å²) < 4.78 is 15.3. The summed E-state index contributed by atoms with van der Waals surface area (Å²) >= 11 is 0. The number of carboxylic acids is 1. The molecule has 0 rings (SSSR count). The summed E-state index contributed by atoms with van der Waals surface area (Å²) in [7, 11) is 0. The molecule has 0 aliphatic carbocycles. The molecule has 20 heavy (non-hydrogen) atoms. The fourth-order valence-corrected chi connectivity index (χ4v) is 1.17. The van der Waals surface area contributed by atoms with E-state index in [2.05, 4.69) is 23.9 Å². The van der Waals surface area contributed by atoms with Gasteiger partial charge < -0.3 is 24.6 Å². The summed E-state index contributed by atoms with van der Waals surface area (Å²) in [5.41, 5.74) is 0. The van der Waals surface area contributed by atoms with Gasteiger partial charge in [-0.3, -0.25) is 4.79 Å². The van der Waals surface area contributed by atoms with E-state index in [0.29, 0.717) is 32.3 Å². The molecule has 0 spiro atoms. The van der Waals surface area contributed by atoms with Crippen LogP contribution >= 0.6 is 0 Å². The van der Waals surface area contributed by atoms with Crippen molar-refractivity contribution in [2.45, 2.75) is 20.3 Å². The van der Waals surface area contributed by atoms with E-state index in [4.69, 9.17) is 14.6 Å². The molecule has 0 saturated carbocycles. The van der Waals surface area contributed by atoms with E-state index < -0.39 is 12.6 Å². The maximum absolute atomic E-state index is 11.2. The molecule has 0 bridgehead atoms. The number of aliphatic carboxylic acids is 1. The third-order valence-corrected chi connectivity index (χ3v) is 2.50. The highest BCUT2D eigenvalue weighted by Gasteiger charge is 2.03. The quantitative estimate of drug-likeness (QED) is 0.473. The Morgan fingerprint density at radius 1 is 1.10 bits per heavy atom. The van der Waals surface area contributed by atoms with Gasteiger partial charge in [-0.2, -0.15) is 0 Å². The van der Waals surface area contributed by atoms with Crippen molar-refractivity contribution >= 4 is 11.9 Å². The van der Waals surface area contributed by atoms with Gasteiger partial charge in [-0.1, -0.05) is 20.3 Å². The normalized spacial score (nSPS) is 12.1. The molecule has 0 aliphatic rings. The van der Waals surface area contributed by atoms with Crippen LogP contribution in [-0.2, 0) is 23.8 Å². The minimum Gasteiger partial charge on any atom is -0.480 e. The molecule has 1 amide bonds. The topological polar surface area (TPSA) is 94.1 Å². The number of carboxylic acid groups (broad SMARTS) is 1. The van der Waals surface area contributed by atoms with Crippen molar-refractivity contribution in [3.05, 3.63) is 0 Å². The highest BCUT2D eigenvalue weighted by Crippen LogP contribution is 1.99. The van der Waals surface area contributed by atoms with Gasteiger partial charge in [0.2, 0.25) is 5.91 Å². The SMILES string of the molecule is CCC(C)COCCOCCNC(=O)COCC(=O)O. The van der Waals surface area contributed by atoms with Crippen molar-refractivity contribution in [3.8, 4) is 0 Å². The van der Waals surface area contributed by atoms with Crippen molar-refractivity contribution in [2.75, 3.05) is 46.2 Å². The van der Waals surface area contributed by atoms with E-state index in [1.165, 1.54) is 0 Å². The predicted octanol–water partition coefficient (Wildman–Crippen LogP) is 0.283. The molecule has 7 heteroatoms. The Hall–Kier alpha value is -1.18. The van der Waals surface area contributed by atoms with Crippen molar-refractivity contribution in [1.82, 2.24) is 5.32 Å². The van der Waals surface area contributed by atoms with E-state index in [9.17, 15) is 9.59 Å². The Bertz CT molecular complexity index is 272. The second-order valence-electron chi connectivity index (χ2n) is 4.44. The number of carbonyl (C=O) groups excluding carboxylic acids is 1. The van der Waals surface area contributed by atoms with Gasteiger partial charge in [0, 0.05) is 13.2 Å². The molecule has 0 aromatic carbocycles. The zero-order valence-corrected chi connectivity index (χ0v) is 12.2. The Kier molecular flexibility index (Phi) is 12.1. The Labute approximate surface area is 119 Å². The lowest BCUT2D eigenvalue weighted by molar-refractivity contribution is -0.143. The summed E-state index contributed by atoms with van der Waals surface area (Å²) in [6.07, 6.45) is 1.09. The molecule has 0 aromatic heterocycles. The lowest BCUT2D eigenvalue weighted by Gasteiger charge is -2.10. The van der Waals surface area contributed by atoms with Crippen LogP contribution in [0.4, 0.5) is 0 Å². The lowest BCUT2D eigenvalue weighted by atomic mass is 10.1. The number of hydrogen-bond acceptors (Lipinski definition) is 5. The highest BCUT2D eigenvalue weighted by molar-refractivity contribution is 5.77. The van der Waals surface area contributed by atoms with E-state index in [0.717, 1.165) is 13.0 Å². The highest BCUT2D eigenvalue weighted by atomic mass is 16.5. The van der Waals surface area contributed by atoms with Gasteiger partial charge in [0.05, 0.1) is 19.8 Å². The molecule has 0 radical (unpaired) electrons. The van der Waals surface area contributed by atoms with Gasteiger partial charge in [0.25, 0.3) is 0 Å². The summed E-state index contributed by atoms with van der Waals surface area (Å²) in [4.78, 5) is 21.3. The largest absolute Gasteiger partial charge is 0.480 e. The molecule has 118 valence electrons. The maximum Gasteiger partial charge on any atom is 0.329 e. The maximum atomic E-state index is 11.2. The van der Waals surface area contributed by atoms with Gasteiger partial charge >= 0.3 is 5.97 Å². The van der Waals surface area contributed by atoms with E-state index in [-0.39, 0.29) is 12.5 Å². The van der Waals surface area contributed by atoms with Gasteiger partial charge in [-0.25, -0.2) is 4.79 Å². The monoisotopic (exact) mass is 291 g/mol. The molecule has 0 fully saturated rings. The molecule has 0 aromatic rings. The average Bonchev–Trinajstić information content (AvgIpc) is 2.40. The van der Waals surface area contributed by atoms with Crippen LogP contribution in [0.1, 0.15) is 20.3 Å². The number of rotatable bonds is 13. The summed E-state index contributed by atoms with van der Waals surface area (Å²) in [6.45, 7) is 6.02. The number of amides is 1. The second kappa shape index (κ2) is 12.8. The van der Waals surface area contributed by atoms with Crippen molar-refractivity contribution in [2.24, 2.45) is 5.92 Å². The standard InChI is InChI=1S/C13H25NO6/c1-3-11(2)8-19-7-6-18-5-4-14-12(15)9-20-10-13(16)17/h11H,3-10H2,1-2H3,(H,14,15)(H,16,17). The van der Waals surface area contributed by atoms with Crippen LogP contribution in [0.3, 0.4) is 0 Å². The zero-order valence-electron chi connectivity index (χ0n) is 12.2. The fraction of sp³-hybridized carbons (Fsp3) is 0.846. The number of nitrogens with one attached hydrogen (secondary N) is 1. The number of hydrogen-bond donors (Lipinski definition) is 2. The Morgan fingerprint density at radius 2 is 1.80 bits per heavy atom. The van der Waals surface area contributed by atoms with Crippen molar-refractivity contribution in [1.29, 1.82) is 0 Å². The first-order valence-corrected chi connectivity index (χ1v) is 6.78. The van der Waals surface area contributed by atoms with E-state index in [1.54, 1.807) is 0 Å². The molecular weight excluding hydrogens is 266 g/mol. The fourth-order valence-electron chi connectivity index (χ4n) is 1.17. The second-order valence-corrected chi connectivity index (χ2v) is 4.44. The first-order chi connectivity index (χ1) is 9.56. The van der Waals surface area contributed by atoms with Crippen LogP contribution in [0.2, 0.25) is 0 Å². The molecule has 0 aliphatic heterocycles. The minimum atomic E-state index is -1.10.